The van der Waals surface area contributed by atoms with Gasteiger partial charge in [-0.2, -0.15) is 0 Å². The molecular formula is C9H13Cl2N3O. The smallest absolute Gasteiger partial charge is 0.147 e. The molecule has 1 atom stereocenters. The molecule has 1 aromatic heterocycles. The maximum Gasteiger partial charge on any atom is 0.147 e. The molecule has 0 aliphatic carbocycles. The van der Waals surface area contributed by atoms with Crippen LogP contribution in [0.1, 0.15) is 13.3 Å². The lowest BCUT2D eigenvalue weighted by molar-refractivity contribution is 0.183. The van der Waals surface area contributed by atoms with Crippen molar-refractivity contribution in [1.29, 1.82) is 0 Å². The van der Waals surface area contributed by atoms with Gasteiger partial charge in [-0.3, -0.25) is 0 Å². The molecule has 0 amide bonds. The summed E-state index contributed by atoms with van der Waals surface area (Å²) in [5.74, 6) is 0.653. The summed E-state index contributed by atoms with van der Waals surface area (Å²) in [5.41, 5.74) is 5.52. The molecule has 1 rings (SSSR count). The fraction of sp³-hybridized carbons (Fsp3) is 0.444. The van der Waals surface area contributed by atoms with Gasteiger partial charge in [0.25, 0.3) is 0 Å². The lowest BCUT2D eigenvalue weighted by Crippen LogP contribution is -2.19. The molecule has 0 fully saturated rings. The molecule has 15 heavy (non-hydrogen) atoms. The zero-order valence-corrected chi connectivity index (χ0v) is 9.81. The van der Waals surface area contributed by atoms with E-state index in [1.165, 1.54) is 6.07 Å². The number of nitrogens with two attached hydrogens (primary N) is 1. The van der Waals surface area contributed by atoms with Crippen LogP contribution in [0, 0.1) is 0 Å². The fourth-order valence-electron chi connectivity index (χ4n) is 0.964. The van der Waals surface area contributed by atoms with E-state index in [-0.39, 0.29) is 5.82 Å². The summed E-state index contributed by atoms with van der Waals surface area (Å²) in [5, 5.41) is 13.0. The average Bonchev–Trinajstić information content (AvgIpc) is 2.21. The van der Waals surface area contributed by atoms with E-state index in [2.05, 4.69) is 10.3 Å². The molecule has 0 saturated carbocycles. The summed E-state index contributed by atoms with van der Waals surface area (Å²) in [6, 6.07) is 1.52. The van der Waals surface area contributed by atoms with Crippen molar-refractivity contribution in [3.63, 3.8) is 0 Å². The van der Waals surface area contributed by atoms with E-state index in [4.69, 9.17) is 28.9 Å². The molecule has 0 saturated heterocycles. The Balaban J connectivity index is 2.73. The molecule has 1 unspecified atom stereocenters. The van der Waals surface area contributed by atoms with Crippen LogP contribution < -0.4 is 11.1 Å². The van der Waals surface area contributed by atoms with Gasteiger partial charge < -0.3 is 16.2 Å². The zero-order chi connectivity index (χ0) is 11.4. The molecule has 0 radical (unpaired) electrons. The molecule has 1 aromatic rings. The Kier molecular flexibility index (Phi) is 4.45. The molecule has 1 heterocycles. The molecule has 6 heteroatoms. The van der Waals surface area contributed by atoms with Crippen LogP contribution in [0.3, 0.4) is 0 Å². The van der Waals surface area contributed by atoms with Crippen LogP contribution in [0.15, 0.2) is 6.07 Å². The topological polar surface area (TPSA) is 71.2 Å². The fourth-order valence-corrected chi connectivity index (χ4v) is 1.39. The van der Waals surface area contributed by atoms with Gasteiger partial charge in [0.1, 0.15) is 11.6 Å². The van der Waals surface area contributed by atoms with Gasteiger partial charge in [-0.1, -0.05) is 30.1 Å². The highest BCUT2D eigenvalue weighted by Crippen LogP contribution is 2.27. The number of aliphatic hydroxyl groups excluding tert-OH is 1. The van der Waals surface area contributed by atoms with E-state index in [1.807, 2.05) is 6.92 Å². The van der Waals surface area contributed by atoms with E-state index in [0.29, 0.717) is 28.8 Å². The number of nitrogens with zero attached hydrogens (tertiary/aromatic N) is 1. The Morgan fingerprint density at radius 1 is 1.53 bits per heavy atom. The number of hydrogen-bond donors (Lipinski definition) is 3. The van der Waals surface area contributed by atoms with Crippen molar-refractivity contribution >= 4 is 34.8 Å². The maximum absolute atomic E-state index is 9.34. The van der Waals surface area contributed by atoms with E-state index in [1.54, 1.807) is 0 Å². The molecule has 0 aliphatic heterocycles. The van der Waals surface area contributed by atoms with E-state index in [9.17, 15) is 5.11 Å². The molecule has 0 spiro atoms. The summed E-state index contributed by atoms with van der Waals surface area (Å²) in [4.78, 5) is 3.97. The first kappa shape index (κ1) is 12.4. The van der Waals surface area contributed by atoms with Gasteiger partial charge in [-0.15, -0.1) is 0 Å². The highest BCUT2D eigenvalue weighted by atomic mass is 35.5. The Labute approximate surface area is 98.4 Å². The molecule has 0 aromatic carbocycles. The van der Waals surface area contributed by atoms with Crippen molar-refractivity contribution in [2.75, 3.05) is 17.6 Å². The van der Waals surface area contributed by atoms with Gasteiger partial charge in [-0.05, 0) is 12.5 Å². The summed E-state index contributed by atoms with van der Waals surface area (Å²) in [6.45, 7) is 2.27. The predicted octanol–water partition coefficient (Wildman–Crippen LogP) is 2.15. The SMILES string of the molecule is CCC(O)CNc1nc(N)c(Cl)cc1Cl. The van der Waals surface area contributed by atoms with Crippen molar-refractivity contribution in [2.24, 2.45) is 0 Å². The van der Waals surface area contributed by atoms with Gasteiger partial charge in [0, 0.05) is 6.54 Å². The standard InChI is InChI=1S/C9H13Cl2N3O/c1-2-5(15)4-13-9-7(11)3-6(10)8(12)14-9/h3,5,15H,2,4H2,1H3,(H3,12,13,14). The second-order valence-corrected chi connectivity index (χ2v) is 3.94. The van der Waals surface area contributed by atoms with Crippen LogP contribution in [-0.2, 0) is 0 Å². The molecule has 4 nitrogen and oxygen atoms in total. The normalized spacial score (nSPS) is 12.5. The van der Waals surface area contributed by atoms with Crippen molar-refractivity contribution in [3.05, 3.63) is 16.1 Å². The zero-order valence-electron chi connectivity index (χ0n) is 8.30. The minimum atomic E-state index is -0.431. The number of aromatic nitrogens is 1. The summed E-state index contributed by atoms with van der Waals surface area (Å²) in [7, 11) is 0. The van der Waals surface area contributed by atoms with Gasteiger partial charge in [0.2, 0.25) is 0 Å². The molecule has 0 aliphatic rings. The first-order valence-corrected chi connectivity index (χ1v) is 5.33. The lowest BCUT2D eigenvalue weighted by atomic mass is 10.3. The third-order valence-corrected chi connectivity index (χ3v) is 2.52. The number of halogens is 2. The Morgan fingerprint density at radius 2 is 2.20 bits per heavy atom. The Morgan fingerprint density at radius 3 is 2.80 bits per heavy atom. The number of nitrogens with one attached hydrogen (secondary N) is 1. The number of aliphatic hydroxyl groups is 1. The highest BCUT2D eigenvalue weighted by molar-refractivity contribution is 6.37. The van der Waals surface area contributed by atoms with Crippen molar-refractivity contribution in [2.45, 2.75) is 19.4 Å². The van der Waals surface area contributed by atoms with E-state index in [0.717, 1.165) is 0 Å². The molecule has 0 bridgehead atoms. The number of hydrogen-bond acceptors (Lipinski definition) is 4. The molecule has 84 valence electrons. The predicted molar refractivity (Wildman–Crippen MR) is 63.5 cm³/mol. The molecule has 4 N–H and O–H groups in total. The van der Waals surface area contributed by atoms with Crippen LogP contribution in [0.25, 0.3) is 0 Å². The quantitative estimate of drug-likeness (QED) is 0.765. The van der Waals surface area contributed by atoms with Crippen LogP contribution >= 0.6 is 23.2 Å². The van der Waals surface area contributed by atoms with Gasteiger partial charge in [0.05, 0.1) is 16.1 Å². The first-order valence-electron chi connectivity index (χ1n) is 4.58. The third-order valence-electron chi connectivity index (χ3n) is 1.93. The van der Waals surface area contributed by atoms with Gasteiger partial charge >= 0.3 is 0 Å². The van der Waals surface area contributed by atoms with Crippen molar-refractivity contribution < 1.29 is 5.11 Å². The first-order chi connectivity index (χ1) is 7.04. The number of rotatable bonds is 4. The highest BCUT2D eigenvalue weighted by Gasteiger charge is 2.08. The minimum Gasteiger partial charge on any atom is -0.391 e. The second kappa shape index (κ2) is 5.39. The van der Waals surface area contributed by atoms with Crippen LogP contribution in [0.2, 0.25) is 10.0 Å². The summed E-state index contributed by atoms with van der Waals surface area (Å²) in [6.07, 6.45) is 0.230. The van der Waals surface area contributed by atoms with Gasteiger partial charge in [-0.25, -0.2) is 4.98 Å². The molecular weight excluding hydrogens is 237 g/mol. The second-order valence-electron chi connectivity index (χ2n) is 3.13. The number of pyridine rings is 1. The average molecular weight is 250 g/mol. The van der Waals surface area contributed by atoms with Crippen LogP contribution in [0.4, 0.5) is 11.6 Å². The number of anilines is 2. The van der Waals surface area contributed by atoms with Crippen molar-refractivity contribution in [1.82, 2.24) is 4.98 Å². The van der Waals surface area contributed by atoms with Crippen LogP contribution in [0.5, 0.6) is 0 Å². The van der Waals surface area contributed by atoms with E-state index < -0.39 is 6.10 Å². The largest absolute Gasteiger partial charge is 0.391 e. The van der Waals surface area contributed by atoms with E-state index >= 15 is 0 Å². The summed E-state index contributed by atoms with van der Waals surface area (Å²) >= 11 is 11.6. The Bertz CT molecular complexity index is 346. The monoisotopic (exact) mass is 249 g/mol. The third kappa shape index (κ3) is 3.41. The van der Waals surface area contributed by atoms with Crippen molar-refractivity contribution in [3.8, 4) is 0 Å². The summed E-state index contributed by atoms with van der Waals surface area (Å²) < 4.78 is 0. The minimum absolute atomic E-state index is 0.217. The lowest BCUT2D eigenvalue weighted by Gasteiger charge is -2.11. The van der Waals surface area contributed by atoms with Crippen LogP contribution in [-0.4, -0.2) is 22.7 Å². The van der Waals surface area contributed by atoms with Gasteiger partial charge in [0.15, 0.2) is 0 Å². The number of nitrogen functional groups attached to an aromatic ring is 1. The Hall–Kier alpha value is -0.710. The maximum atomic E-state index is 9.34.